The van der Waals surface area contributed by atoms with Crippen molar-refractivity contribution < 1.29 is 24.2 Å². The molecule has 178 valence electrons. The molecule has 0 saturated heterocycles. The number of nitro groups is 2. The summed E-state index contributed by atoms with van der Waals surface area (Å²) in [6, 6.07) is 15.4. The molecular formula is C22H16ClN5O7. The Labute approximate surface area is 202 Å². The fourth-order valence-electron chi connectivity index (χ4n) is 2.72. The Morgan fingerprint density at radius 3 is 2.43 bits per heavy atom. The molecule has 0 fully saturated rings. The molecule has 0 saturated carbocycles. The highest BCUT2D eigenvalue weighted by atomic mass is 35.5. The number of carbonyl (C=O) groups excluding carboxylic acids is 2. The van der Waals surface area contributed by atoms with Gasteiger partial charge in [-0.25, -0.2) is 5.43 Å². The van der Waals surface area contributed by atoms with Crippen molar-refractivity contribution in [2.24, 2.45) is 5.10 Å². The van der Waals surface area contributed by atoms with Crippen molar-refractivity contribution in [1.82, 2.24) is 10.7 Å². The molecule has 35 heavy (non-hydrogen) atoms. The number of carbonyl (C=O) groups is 2. The number of halogens is 1. The Hall–Kier alpha value is -4.84. The maximum absolute atomic E-state index is 12.0. The summed E-state index contributed by atoms with van der Waals surface area (Å²) in [5.41, 5.74) is 2.08. The highest BCUT2D eigenvalue weighted by Crippen LogP contribution is 2.34. The SMILES string of the molecule is O=C(CNC(=O)c1ccc(Cl)cc1)NN=Cc1cccc(Oc2ccc([N+](=O)[O-])cc2[N+](=O)[O-])c1. The molecule has 0 aromatic heterocycles. The van der Waals surface area contributed by atoms with Crippen molar-refractivity contribution in [3.8, 4) is 11.5 Å². The molecule has 2 amide bonds. The van der Waals surface area contributed by atoms with E-state index in [2.05, 4.69) is 15.8 Å². The third-order valence-electron chi connectivity index (χ3n) is 4.35. The van der Waals surface area contributed by atoms with Gasteiger partial charge >= 0.3 is 5.69 Å². The second-order valence-corrected chi connectivity index (χ2v) is 7.26. The molecule has 0 aliphatic heterocycles. The summed E-state index contributed by atoms with van der Waals surface area (Å²) in [6.07, 6.45) is 1.30. The van der Waals surface area contributed by atoms with Gasteiger partial charge in [-0.2, -0.15) is 5.10 Å². The molecule has 0 aliphatic carbocycles. The van der Waals surface area contributed by atoms with Gasteiger partial charge in [-0.05, 0) is 48.0 Å². The molecule has 0 spiro atoms. The van der Waals surface area contributed by atoms with Crippen LogP contribution in [0.25, 0.3) is 0 Å². The molecule has 12 nitrogen and oxygen atoms in total. The highest BCUT2D eigenvalue weighted by Gasteiger charge is 2.21. The molecule has 3 aromatic carbocycles. The average molecular weight is 498 g/mol. The number of hydrogen-bond acceptors (Lipinski definition) is 8. The van der Waals surface area contributed by atoms with Crippen molar-refractivity contribution in [3.63, 3.8) is 0 Å². The monoisotopic (exact) mass is 497 g/mol. The summed E-state index contributed by atoms with van der Waals surface area (Å²) < 4.78 is 5.52. The summed E-state index contributed by atoms with van der Waals surface area (Å²) in [6.45, 7) is -0.314. The summed E-state index contributed by atoms with van der Waals surface area (Å²) >= 11 is 5.77. The van der Waals surface area contributed by atoms with E-state index in [0.717, 1.165) is 18.2 Å². The van der Waals surface area contributed by atoms with Crippen molar-refractivity contribution in [2.75, 3.05) is 6.54 Å². The average Bonchev–Trinajstić information content (AvgIpc) is 2.83. The van der Waals surface area contributed by atoms with Gasteiger partial charge in [-0.3, -0.25) is 29.8 Å². The van der Waals surface area contributed by atoms with E-state index in [-0.39, 0.29) is 18.0 Å². The molecule has 0 radical (unpaired) electrons. The minimum atomic E-state index is -0.783. The number of ether oxygens (including phenoxy) is 1. The number of nitro benzene ring substituents is 2. The number of rotatable bonds is 9. The van der Waals surface area contributed by atoms with E-state index < -0.39 is 33.0 Å². The van der Waals surface area contributed by atoms with Crippen molar-refractivity contribution in [1.29, 1.82) is 0 Å². The summed E-state index contributed by atoms with van der Waals surface area (Å²) in [5.74, 6) is -1.00. The van der Waals surface area contributed by atoms with Gasteiger partial charge < -0.3 is 10.1 Å². The molecule has 0 atom stereocenters. The van der Waals surface area contributed by atoms with Gasteiger partial charge in [0, 0.05) is 16.7 Å². The Bertz CT molecular complexity index is 1310. The first-order valence-electron chi connectivity index (χ1n) is 9.79. The third-order valence-corrected chi connectivity index (χ3v) is 4.61. The Morgan fingerprint density at radius 1 is 1.00 bits per heavy atom. The van der Waals surface area contributed by atoms with E-state index >= 15 is 0 Å². The van der Waals surface area contributed by atoms with Crippen molar-refractivity contribution in [3.05, 3.63) is 103 Å². The number of non-ortho nitro benzene ring substituents is 1. The second kappa shape index (κ2) is 11.3. The van der Waals surface area contributed by atoms with E-state index in [1.165, 1.54) is 30.5 Å². The number of amides is 2. The fourth-order valence-corrected chi connectivity index (χ4v) is 2.84. The minimum absolute atomic E-state index is 0.181. The van der Waals surface area contributed by atoms with E-state index in [4.69, 9.17) is 16.3 Å². The van der Waals surface area contributed by atoms with Gasteiger partial charge in [0.1, 0.15) is 5.75 Å². The zero-order valence-electron chi connectivity index (χ0n) is 17.7. The number of benzene rings is 3. The summed E-state index contributed by atoms with van der Waals surface area (Å²) in [4.78, 5) is 44.5. The number of hydrogen-bond donors (Lipinski definition) is 2. The molecule has 3 aromatic rings. The molecule has 0 bridgehead atoms. The number of nitrogens with one attached hydrogen (secondary N) is 2. The summed E-state index contributed by atoms with van der Waals surface area (Å²) in [5, 5.41) is 28.8. The quantitative estimate of drug-likeness (QED) is 0.257. The van der Waals surface area contributed by atoms with Crippen LogP contribution in [-0.4, -0.2) is 34.4 Å². The van der Waals surface area contributed by atoms with Crippen molar-refractivity contribution >= 4 is 41.0 Å². The van der Waals surface area contributed by atoms with Crippen LogP contribution in [0, 0.1) is 20.2 Å². The zero-order chi connectivity index (χ0) is 25.4. The lowest BCUT2D eigenvalue weighted by atomic mass is 10.2. The molecule has 0 heterocycles. The predicted molar refractivity (Wildman–Crippen MR) is 126 cm³/mol. The first-order chi connectivity index (χ1) is 16.7. The highest BCUT2D eigenvalue weighted by molar-refractivity contribution is 6.30. The Kier molecular flexibility index (Phi) is 8.03. The van der Waals surface area contributed by atoms with Crippen LogP contribution in [0.2, 0.25) is 5.02 Å². The zero-order valence-corrected chi connectivity index (χ0v) is 18.5. The Morgan fingerprint density at radius 2 is 1.74 bits per heavy atom. The van der Waals surface area contributed by atoms with Crippen LogP contribution in [-0.2, 0) is 4.79 Å². The van der Waals surface area contributed by atoms with E-state index in [0.29, 0.717) is 16.1 Å². The minimum Gasteiger partial charge on any atom is -0.450 e. The van der Waals surface area contributed by atoms with Gasteiger partial charge in [-0.1, -0.05) is 23.7 Å². The van der Waals surface area contributed by atoms with Crippen LogP contribution in [0.4, 0.5) is 11.4 Å². The lowest BCUT2D eigenvalue weighted by molar-refractivity contribution is -0.394. The molecule has 0 aliphatic rings. The fraction of sp³-hybridized carbons (Fsp3) is 0.0455. The smallest absolute Gasteiger partial charge is 0.318 e. The van der Waals surface area contributed by atoms with E-state index in [1.54, 1.807) is 24.3 Å². The lowest BCUT2D eigenvalue weighted by Crippen LogP contribution is -2.34. The van der Waals surface area contributed by atoms with Gasteiger partial charge in [0.15, 0.2) is 0 Å². The first-order valence-corrected chi connectivity index (χ1v) is 10.2. The Balaban J connectivity index is 1.58. The molecular weight excluding hydrogens is 482 g/mol. The van der Waals surface area contributed by atoms with Crippen LogP contribution < -0.4 is 15.5 Å². The van der Waals surface area contributed by atoms with E-state index in [9.17, 15) is 29.8 Å². The van der Waals surface area contributed by atoms with Gasteiger partial charge in [0.05, 0.1) is 28.7 Å². The van der Waals surface area contributed by atoms with Gasteiger partial charge in [0.2, 0.25) is 5.75 Å². The topological polar surface area (TPSA) is 166 Å². The molecule has 13 heteroatoms. The normalized spacial score (nSPS) is 10.5. The maximum atomic E-state index is 12.0. The van der Waals surface area contributed by atoms with Crippen LogP contribution in [0.3, 0.4) is 0 Å². The van der Waals surface area contributed by atoms with Crippen LogP contribution in [0.15, 0.2) is 71.8 Å². The summed E-state index contributed by atoms with van der Waals surface area (Å²) in [7, 11) is 0. The second-order valence-electron chi connectivity index (χ2n) is 6.82. The van der Waals surface area contributed by atoms with Gasteiger partial charge in [-0.15, -0.1) is 0 Å². The predicted octanol–water partition coefficient (Wildman–Crippen LogP) is 3.83. The number of nitrogens with zero attached hydrogens (tertiary/aromatic N) is 3. The number of hydrazone groups is 1. The lowest BCUT2D eigenvalue weighted by Gasteiger charge is -2.07. The van der Waals surface area contributed by atoms with Gasteiger partial charge in [0.25, 0.3) is 17.5 Å². The molecule has 2 N–H and O–H groups in total. The van der Waals surface area contributed by atoms with Crippen LogP contribution in [0.1, 0.15) is 15.9 Å². The van der Waals surface area contributed by atoms with Crippen molar-refractivity contribution in [2.45, 2.75) is 0 Å². The molecule has 3 rings (SSSR count). The molecule has 0 unspecified atom stereocenters. The van der Waals surface area contributed by atoms with Crippen LogP contribution in [0.5, 0.6) is 11.5 Å². The standard InChI is InChI=1S/C22H16ClN5O7/c23-16-6-4-15(5-7-16)22(30)24-13-21(29)26-25-12-14-2-1-3-18(10-14)35-20-9-8-17(27(31)32)11-19(20)28(33)34/h1-12H,13H2,(H,24,30)(H,26,29). The van der Waals surface area contributed by atoms with Crippen LogP contribution >= 0.6 is 11.6 Å². The van der Waals surface area contributed by atoms with E-state index in [1.807, 2.05) is 0 Å². The largest absolute Gasteiger partial charge is 0.450 e. The first kappa shape index (κ1) is 24.8. The third kappa shape index (κ3) is 7.07. The maximum Gasteiger partial charge on any atom is 0.318 e.